The summed E-state index contributed by atoms with van der Waals surface area (Å²) in [6.45, 7) is 5.19. The molecule has 0 spiro atoms. The fourth-order valence-electron chi connectivity index (χ4n) is 1.43. The van der Waals surface area contributed by atoms with E-state index in [2.05, 4.69) is 32.8 Å². The van der Waals surface area contributed by atoms with Crippen LogP contribution in [0.25, 0.3) is 5.65 Å². The monoisotopic (exact) mass is 299 g/mol. The van der Waals surface area contributed by atoms with E-state index in [1.54, 1.807) is 0 Å². The number of rotatable bonds is 4. The molecule has 0 radical (unpaired) electrons. The minimum Gasteiger partial charge on any atom is -0.306 e. The number of pyridine rings is 1. The Morgan fingerprint density at radius 1 is 1.50 bits per heavy atom. The van der Waals surface area contributed by atoms with Crippen molar-refractivity contribution < 1.29 is 0 Å². The molecule has 0 saturated heterocycles. The average Bonchev–Trinajstić information content (AvgIpc) is 2.58. The van der Waals surface area contributed by atoms with Crippen LogP contribution < -0.4 is 5.32 Å². The van der Waals surface area contributed by atoms with E-state index in [1.165, 1.54) is 0 Å². The highest BCUT2D eigenvalue weighted by Gasteiger charge is 2.01. The second kappa shape index (κ2) is 4.99. The molecule has 0 amide bonds. The minimum absolute atomic E-state index is 0.707. The van der Waals surface area contributed by atoms with Crippen molar-refractivity contribution >= 4 is 33.2 Å². The van der Waals surface area contributed by atoms with Crippen molar-refractivity contribution in [3.8, 4) is 0 Å². The van der Waals surface area contributed by atoms with Gasteiger partial charge in [0.05, 0.1) is 10.7 Å². The lowest BCUT2D eigenvalue weighted by molar-refractivity contribution is 0.742. The van der Waals surface area contributed by atoms with Crippen LogP contribution in [0.3, 0.4) is 0 Å². The Balaban J connectivity index is 2.10. The van der Waals surface area contributed by atoms with Crippen molar-refractivity contribution in [1.29, 1.82) is 0 Å². The molecule has 0 saturated carbocycles. The third-order valence-corrected chi connectivity index (χ3v) is 2.59. The van der Waals surface area contributed by atoms with Gasteiger partial charge in [0.15, 0.2) is 0 Å². The Labute approximate surface area is 107 Å². The molecule has 3 nitrogen and oxygen atoms in total. The molecule has 0 bridgehead atoms. The van der Waals surface area contributed by atoms with Gasteiger partial charge in [0.2, 0.25) is 0 Å². The Bertz CT molecular complexity index is 521. The van der Waals surface area contributed by atoms with Crippen molar-refractivity contribution in [3.05, 3.63) is 46.3 Å². The van der Waals surface area contributed by atoms with Gasteiger partial charge >= 0.3 is 0 Å². The number of fused-ring (bicyclic) bond motifs is 1. The molecule has 2 rings (SSSR count). The predicted octanol–water partition coefficient (Wildman–Crippen LogP) is 2.99. The van der Waals surface area contributed by atoms with Crippen LogP contribution in [0.5, 0.6) is 0 Å². The second-order valence-corrected chi connectivity index (χ2v) is 5.02. The van der Waals surface area contributed by atoms with Crippen LogP contribution in [0.15, 0.2) is 35.6 Å². The van der Waals surface area contributed by atoms with E-state index in [4.69, 9.17) is 11.6 Å². The number of nitrogens with zero attached hydrogens (tertiary/aromatic N) is 2. The van der Waals surface area contributed by atoms with Crippen LogP contribution in [0.4, 0.5) is 0 Å². The molecule has 2 aromatic rings. The summed E-state index contributed by atoms with van der Waals surface area (Å²) in [5.74, 6) is 0. The van der Waals surface area contributed by atoms with E-state index in [-0.39, 0.29) is 0 Å². The highest BCUT2D eigenvalue weighted by Crippen LogP contribution is 2.11. The Morgan fingerprint density at radius 2 is 2.31 bits per heavy atom. The summed E-state index contributed by atoms with van der Waals surface area (Å²) in [5, 5.41) is 3.93. The number of imidazole rings is 1. The number of hydrogen-bond donors (Lipinski definition) is 1. The van der Waals surface area contributed by atoms with E-state index >= 15 is 0 Å². The molecule has 0 aliphatic rings. The molecule has 0 aliphatic carbocycles. The number of hydrogen-bond acceptors (Lipinski definition) is 2. The largest absolute Gasteiger partial charge is 0.306 e. The number of halogens is 2. The third-order valence-electron chi connectivity index (χ3n) is 2.09. The number of aromatic nitrogens is 2. The molecule has 0 fully saturated rings. The van der Waals surface area contributed by atoms with Gasteiger partial charge in [0, 0.05) is 30.0 Å². The van der Waals surface area contributed by atoms with E-state index in [9.17, 15) is 0 Å². The van der Waals surface area contributed by atoms with Crippen LogP contribution in [0, 0.1) is 0 Å². The molecule has 0 atom stereocenters. The van der Waals surface area contributed by atoms with Crippen LogP contribution in [-0.2, 0) is 6.54 Å². The summed E-state index contributed by atoms with van der Waals surface area (Å²) in [4.78, 5) is 4.45. The summed E-state index contributed by atoms with van der Waals surface area (Å²) < 4.78 is 2.85. The Kier molecular flexibility index (Phi) is 3.63. The lowest BCUT2D eigenvalue weighted by Crippen LogP contribution is -2.14. The molecular formula is C11H11BrClN3. The van der Waals surface area contributed by atoms with Crippen molar-refractivity contribution in [2.24, 2.45) is 0 Å². The van der Waals surface area contributed by atoms with E-state index < -0.39 is 0 Å². The van der Waals surface area contributed by atoms with Gasteiger partial charge in [-0.15, -0.1) is 0 Å². The topological polar surface area (TPSA) is 29.3 Å². The number of nitrogens with one attached hydrogen (secondary N) is 1. The quantitative estimate of drug-likeness (QED) is 0.940. The lowest BCUT2D eigenvalue weighted by atomic mass is 10.4. The normalized spacial score (nSPS) is 10.9. The van der Waals surface area contributed by atoms with Gasteiger partial charge in [-0.05, 0) is 12.1 Å². The minimum atomic E-state index is 0.707. The highest BCUT2D eigenvalue weighted by atomic mass is 79.9. The van der Waals surface area contributed by atoms with Gasteiger partial charge in [0.1, 0.15) is 5.65 Å². The first kappa shape index (κ1) is 11.6. The first-order valence-corrected chi connectivity index (χ1v) is 5.99. The smallest absolute Gasteiger partial charge is 0.137 e. The molecule has 0 aliphatic heterocycles. The van der Waals surface area contributed by atoms with E-state index in [0.717, 1.165) is 22.4 Å². The predicted molar refractivity (Wildman–Crippen MR) is 70.0 cm³/mol. The van der Waals surface area contributed by atoms with Crippen LogP contribution >= 0.6 is 27.5 Å². The van der Waals surface area contributed by atoms with Gasteiger partial charge in [-0.2, -0.15) is 0 Å². The first-order valence-electron chi connectivity index (χ1n) is 4.82. The summed E-state index contributed by atoms with van der Waals surface area (Å²) in [7, 11) is 0. The molecule has 0 aromatic carbocycles. The van der Waals surface area contributed by atoms with Gasteiger partial charge < -0.3 is 9.72 Å². The maximum absolute atomic E-state index is 5.89. The average molecular weight is 301 g/mol. The fourth-order valence-corrected chi connectivity index (χ4v) is 1.79. The Hall–Kier alpha value is -0.840. The summed E-state index contributed by atoms with van der Waals surface area (Å²) in [6.07, 6.45) is 3.81. The summed E-state index contributed by atoms with van der Waals surface area (Å²) in [6, 6.07) is 3.73. The molecule has 0 unspecified atom stereocenters. The van der Waals surface area contributed by atoms with Crippen LogP contribution in [0.2, 0.25) is 5.02 Å². The fraction of sp³-hybridized carbons (Fsp3) is 0.182. The zero-order chi connectivity index (χ0) is 11.5. The maximum Gasteiger partial charge on any atom is 0.137 e. The standard InChI is InChI=1S/C11H11BrClN3/c1-8(12)4-14-5-10-7-16-6-9(13)2-3-11(16)15-10/h2-3,6-7,14H,1,4-5H2. The second-order valence-electron chi connectivity index (χ2n) is 3.47. The SMILES string of the molecule is C=C(Br)CNCc1cn2cc(Cl)ccc2n1. The molecule has 84 valence electrons. The zero-order valence-electron chi connectivity index (χ0n) is 8.58. The summed E-state index contributed by atoms with van der Waals surface area (Å²) >= 11 is 9.18. The molecule has 2 aromatic heterocycles. The Morgan fingerprint density at radius 3 is 3.06 bits per heavy atom. The van der Waals surface area contributed by atoms with Crippen molar-refractivity contribution in [2.75, 3.05) is 6.54 Å². The maximum atomic E-state index is 5.89. The van der Waals surface area contributed by atoms with Crippen molar-refractivity contribution in [2.45, 2.75) is 6.54 Å². The molecule has 2 heterocycles. The first-order chi connectivity index (χ1) is 7.65. The van der Waals surface area contributed by atoms with E-state index in [0.29, 0.717) is 11.6 Å². The molecular weight excluding hydrogens is 289 g/mol. The summed E-state index contributed by atoms with van der Waals surface area (Å²) in [5.41, 5.74) is 1.88. The van der Waals surface area contributed by atoms with E-state index in [1.807, 2.05) is 28.9 Å². The van der Waals surface area contributed by atoms with Gasteiger partial charge in [0.25, 0.3) is 0 Å². The van der Waals surface area contributed by atoms with Gasteiger partial charge in [-0.3, -0.25) is 0 Å². The molecule has 1 N–H and O–H groups in total. The molecule has 16 heavy (non-hydrogen) atoms. The molecule has 5 heteroatoms. The zero-order valence-corrected chi connectivity index (χ0v) is 10.9. The highest BCUT2D eigenvalue weighted by molar-refractivity contribution is 9.11. The lowest BCUT2D eigenvalue weighted by Gasteiger charge is -1.98. The van der Waals surface area contributed by atoms with Crippen molar-refractivity contribution in [1.82, 2.24) is 14.7 Å². The third kappa shape index (κ3) is 2.84. The van der Waals surface area contributed by atoms with Crippen LogP contribution in [0.1, 0.15) is 5.69 Å². The van der Waals surface area contributed by atoms with Gasteiger partial charge in [-0.1, -0.05) is 34.1 Å². The van der Waals surface area contributed by atoms with Crippen LogP contribution in [-0.4, -0.2) is 15.9 Å². The van der Waals surface area contributed by atoms with Crippen molar-refractivity contribution in [3.63, 3.8) is 0 Å². The van der Waals surface area contributed by atoms with Gasteiger partial charge in [-0.25, -0.2) is 4.98 Å².